The van der Waals surface area contributed by atoms with Crippen LogP contribution in [-0.2, 0) is 3.07 Å². The number of hydrogen-bond donors (Lipinski definition) is 1. The fourth-order valence-electron chi connectivity index (χ4n) is 1.81. The van der Waals surface area contributed by atoms with Crippen molar-refractivity contribution in [3.63, 3.8) is 0 Å². The Labute approximate surface area is 110 Å². The summed E-state index contributed by atoms with van der Waals surface area (Å²) in [5.41, 5.74) is 0.390. The maximum Gasteiger partial charge on any atom is 0.237 e. The molecule has 6 nitrogen and oxygen atoms in total. The molecule has 17 heavy (non-hydrogen) atoms. The molecule has 2 rings (SSSR count). The molecule has 0 aliphatic carbocycles. The number of hydrogen-bond acceptors (Lipinski definition) is 5. The first kappa shape index (κ1) is 12.3. The second kappa shape index (κ2) is 5.97. The summed E-state index contributed by atoms with van der Waals surface area (Å²) in [6.45, 7) is 1.66. The van der Waals surface area contributed by atoms with Gasteiger partial charge in [0.1, 0.15) is 11.8 Å². The number of halogens is 1. The minimum Gasteiger partial charge on any atom is -0.341 e. The van der Waals surface area contributed by atoms with Gasteiger partial charge in [-0.15, -0.1) is 0 Å². The Kier molecular flexibility index (Phi) is 4.33. The molecule has 1 aliphatic rings. The normalized spacial score (nSPS) is 16.8. The highest BCUT2D eigenvalue weighted by Crippen LogP contribution is 2.16. The van der Waals surface area contributed by atoms with Gasteiger partial charge in [0.05, 0.1) is 0 Å². The molecule has 1 aromatic rings. The van der Waals surface area contributed by atoms with Crippen LogP contribution in [0, 0.1) is 11.3 Å². The predicted molar refractivity (Wildman–Crippen MR) is 69.8 cm³/mol. The number of nitriles is 1. The Morgan fingerprint density at radius 2 is 2.29 bits per heavy atom. The zero-order valence-corrected chi connectivity index (χ0v) is 11.3. The second-order valence-electron chi connectivity index (χ2n) is 3.80. The lowest BCUT2D eigenvalue weighted by molar-refractivity contribution is 0.480. The number of rotatable bonds is 3. The summed E-state index contributed by atoms with van der Waals surface area (Å²) in [5, 5.41) is 8.77. The van der Waals surface area contributed by atoms with E-state index in [1.807, 2.05) is 6.07 Å². The van der Waals surface area contributed by atoms with Gasteiger partial charge in [-0.2, -0.15) is 5.26 Å². The minimum absolute atomic E-state index is 0.343. The van der Waals surface area contributed by atoms with Crippen molar-refractivity contribution in [1.29, 1.82) is 5.26 Å². The van der Waals surface area contributed by atoms with Gasteiger partial charge < -0.3 is 4.90 Å². The molecule has 0 atom stereocenters. The number of piperidine rings is 1. The van der Waals surface area contributed by atoms with E-state index in [0.717, 1.165) is 25.9 Å². The number of nitrogens with zero attached hydrogens (tertiary/aromatic N) is 4. The van der Waals surface area contributed by atoms with Crippen molar-refractivity contribution >= 4 is 27.4 Å². The van der Waals surface area contributed by atoms with Crippen molar-refractivity contribution in [1.82, 2.24) is 13.5 Å². The quantitative estimate of drug-likeness (QED) is 0.654. The van der Waals surface area contributed by atoms with Gasteiger partial charge in [0.2, 0.25) is 27.4 Å². The molecule has 0 unspecified atom stereocenters. The van der Waals surface area contributed by atoms with Crippen LogP contribution in [0.1, 0.15) is 18.5 Å². The Bertz CT molecular complexity index is 439. The van der Waals surface area contributed by atoms with E-state index >= 15 is 0 Å². The van der Waals surface area contributed by atoms with E-state index in [9.17, 15) is 3.07 Å². The van der Waals surface area contributed by atoms with E-state index < -0.39 is 21.5 Å². The predicted octanol–water partition coefficient (Wildman–Crippen LogP) is 1.14. The van der Waals surface area contributed by atoms with Crippen molar-refractivity contribution in [2.75, 3.05) is 18.0 Å². The average Bonchev–Trinajstić information content (AvgIpc) is 2.40. The van der Waals surface area contributed by atoms with Crippen molar-refractivity contribution < 1.29 is 3.07 Å². The number of aromatic nitrogens is 2. The fraction of sp³-hybridized carbons (Fsp3) is 0.500. The molecular weight excluding hydrogens is 333 g/mol. The molecule has 1 saturated heterocycles. The molecule has 0 spiro atoms. The van der Waals surface area contributed by atoms with Gasteiger partial charge in [-0.3, -0.25) is 3.07 Å². The molecule has 0 aromatic carbocycles. The molecule has 1 N–H and O–H groups in total. The Morgan fingerprint density at radius 3 is 2.94 bits per heavy atom. The summed E-state index contributed by atoms with van der Waals surface area (Å²) in [6, 6.07) is 3.95. The first-order chi connectivity index (χ1) is 8.33. The van der Waals surface area contributed by atoms with Crippen LogP contribution < -0.4 is 8.43 Å². The molecule has 1 aliphatic heterocycles. The van der Waals surface area contributed by atoms with E-state index in [4.69, 9.17) is 5.26 Å². The summed E-state index contributed by atoms with van der Waals surface area (Å²) in [7, 11) is 0. The SMILES string of the molecule is N#Cc1ccnc(N2CCC(NI=O)CC2)n1. The third-order valence-corrected chi connectivity index (χ3v) is 3.87. The van der Waals surface area contributed by atoms with Gasteiger partial charge in [0.15, 0.2) is 0 Å². The van der Waals surface area contributed by atoms with Gasteiger partial charge in [-0.1, -0.05) is 0 Å². The molecule has 1 aromatic heterocycles. The highest BCUT2D eigenvalue weighted by atomic mass is 127. The van der Waals surface area contributed by atoms with E-state index in [1.165, 1.54) is 0 Å². The van der Waals surface area contributed by atoms with E-state index in [1.54, 1.807) is 12.3 Å². The summed E-state index contributed by atoms with van der Waals surface area (Å²) < 4.78 is 13.6. The maximum absolute atomic E-state index is 10.6. The topological polar surface area (TPSA) is 81.9 Å². The lowest BCUT2D eigenvalue weighted by Crippen LogP contribution is -2.40. The molecule has 90 valence electrons. The molecule has 0 radical (unpaired) electrons. The Balaban J connectivity index is 2.00. The van der Waals surface area contributed by atoms with Crippen LogP contribution in [0.4, 0.5) is 5.95 Å². The van der Waals surface area contributed by atoms with Crippen molar-refractivity contribution in [3.05, 3.63) is 18.0 Å². The monoisotopic (exact) mass is 345 g/mol. The zero-order valence-electron chi connectivity index (χ0n) is 9.14. The van der Waals surface area contributed by atoms with E-state index in [0.29, 0.717) is 17.7 Å². The number of nitrogens with one attached hydrogen (secondary N) is 1. The summed E-state index contributed by atoms with van der Waals surface area (Å²) >= 11 is -1.09. The van der Waals surface area contributed by atoms with Crippen LogP contribution in [0.3, 0.4) is 0 Å². The van der Waals surface area contributed by atoms with Crippen molar-refractivity contribution in [2.45, 2.75) is 18.9 Å². The highest BCUT2D eigenvalue weighted by molar-refractivity contribution is 14.1. The van der Waals surface area contributed by atoms with Crippen LogP contribution in [0.2, 0.25) is 0 Å². The first-order valence-electron chi connectivity index (χ1n) is 5.33. The summed E-state index contributed by atoms with van der Waals surface area (Å²) in [5.74, 6) is 0.610. The third kappa shape index (κ3) is 3.17. The Hall–Kier alpha value is -1.14. The highest BCUT2D eigenvalue weighted by Gasteiger charge is 2.20. The zero-order chi connectivity index (χ0) is 12.1. The van der Waals surface area contributed by atoms with Crippen LogP contribution in [-0.4, -0.2) is 29.1 Å². The molecule has 7 heteroatoms. The van der Waals surface area contributed by atoms with E-state index in [-0.39, 0.29) is 0 Å². The maximum atomic E-state index is 10.6. The Morgan fingerprint density at radius 1 is 1.53 bits per heavy atom. The standard InChI is InChI=1S/C10H12IN5O/c12-7-9-1-4-13-10(14-9)16-5-2-8(3-6-16)15-11-17/h1,4,8H,2-3,5-6H2,(H,15,17). The number of anilines is 1. The molecule has 0 bridgehead atoms. The third-order valence-electron chi connectivity index (χ3n) is 2.73. The lowest BCUT2D eigenvalue weighted by atomic mass is 10.1. The molecule has 0 saturated carbocycles. The van der Waals surface area contributed by atoms with Gasteiger partial charge in [-0.25, -0.2) is 13.5 Å². The summed E-state index contributed by atoms with van der Waals surface area (Å²) in [4.78, 5) is 10.4. The minimum atomic E-state index is -1.09. The fourth-order valence-corrected chi connectivity index (χ4v) is 2.80. The van der Waals surface area contributed by atoms with Gasteiger partial charge in [-0.05, 0) is 18.9 Å². The summed E-state index contributed by atoms with van der Waals surface area (Å²) in [6.07, 6.45) is 3.47. The second-order valence-corrected chi connectivity index (χ2v) is 4.86. The molecule has 2 heterocycles. The smallest absolute Gasteiger partial charge is 0.237 e. The van der Waals surface area contributed by atoms with Crippen LogP contribution >= 0.6 is 21.5 Å². The molecular formula is C10H12IN5O. The van der Waals surface area contributed by atoms with Crippen LogP contribution in [0.5, 0.6) is 0 Å². The average molecular weight is 345 g/mol. The largest absolute Gasteiger partial charge is 0.341 e. The van der Waals surface area contributed by atoms with Crippen LogP contribution in [0.15, 0.2) is 12.3 Å². The van der Waals surface area contributed by atoms with Crippen LogP contribution in [0.25, 0.3) is 0 Å². The van der Waals surface area contributed by atoms with Crippen molar-refractivity contribution in [3.8, 4) is 6.07 Å². The van der Waals surface area contributed by atoms with Gasteiger partial charge >= 0.3 is 0 Å². The molecule has 0 amide bonds. The lowest BCUT2D eigenvalue weighted by Gasteiger charge is -2.31. The van der Waals surface area contributed by atoms with Gasteiger partial charge in [0, 0.05) is 25.3 Å². The first-order valence-corrected chi connectivity index (χ1v) is 7.29. The van der Waals surface area contributed by atoms with Gasteiger partial charge in [0.25, 0.3) is 0 Å². The molecule has 1 fully saturated rings. The van der Waals surface area contributed by atoms with E-state index in [2.05, 4.69) is 18.4 Å². The van der Waals surface area contributed by atoms with Crippen molar-refractivity contribution in [2.24, 2.45) is 0 Å².